The van der Waals surface area contributed by atoms with E-state index < -0.39 is 0 Å². The third-order valence-electron chi connectivity index (χ3n) is 7.02. The van der Waals surface area contributed by atoms with Gasteiger partial charge >= 0.3 is 5.69 Å². The Morgan fingerprint density at radius 3 is 2.74 bits per heavy atom. The summed E-state index contributed by atoms with van der Waals surface area (Å²) in [7, 11) is 0. The van der Waals surface area contributed by atoms with Crippen LogP contribution < -0.4 is 15.5 Å². The lowest BCUT2D eigenvalue weighted by Crippen LogP contribution is -2.37. The number of carbonyl (C=O) groups excluding carboxylic acids is 1. The van der Waals surface area contributed by atoms with Crippen molar-refractivity contribution in [3.63, 3.8) is 0 Å². The van der Waals surface area contributed by atoms with Crippen LogP contribution in [0.5, 0.6) is 5.75 Å². The van der Waals surface area contributed by atoms with Gasteiger partial charge in [-0.3, -0.25) is 14.3 Å². The van der Waals surface area contributed by atoms with Crippen LogP contribution in [0.1, 0.15) is 34.8 Å². The number of pyridine rings is 1. The van der Waals surface area contributed by atoms with E-state index in [1.807, 2.05) is 12.1 Å². The molecule has 4 heterocycles. The van der Waals surface area contributed by atoms with Gasteiger partial charge in [-0.1, -0.05) is 0 Å². The molecule has 0 saturated carbocycles. The zero-order valence-electron chi connectivity index (χ0n) is 18.9. The second kappa shape index (κ2) is 8.26. The van der Waals surface area contributed by atoms with Crippen LogP contribution in [-0.2, 0) is 6.42 Å². The zero-order chi connectivity index (χ0) is 24.1. The van der Waals surface area contributed by atoms with Gasteiger partial charge in [-0.15, -0.1) is 0 Å². The smallest absolute Gasteiger partial charge is 0.327 e. The molecule has 4 aromatic rings. The molecule has 0 unspecified atom stereocenters. The number of aromatic nitrogens is 3. The Balaban J connectivity index is 1.22. The molecule has 0 atom stereocenters. The number of aromatic hydroxyl groups is 1. The molecule has 0 spiro atoms. The number of hydrogen-bond acceptors (Lipinski definition) is 5. The quantitative estimate of drug-likeness (QED) is 0.474. The molecule has 6 rings (SSSR count). The number of imidazole rings is 1. The summed E-state index contributed by atoms with van der Waals surface area (Å²) in [5.41, 5.74) is 3.89. The summed E-state index contributed by atoms with van der Waals surface area (Å²) in [6.07, 6.45) is 3.74. The van der Waals surface area contributed by atoms with Crippen LogP contribution in [0.25, 0.3) is 11.2 Å². The summed E-state index contributed by atoms with van der Waals surface area (Å²) in [5, 5.41) is 10.4. The molecule has 8 nitrogen and oxygen atoms in total. The van der Waals surface area contributed by atoms with Crippen molar-refractivity contribution < 1.29 is 14.3 Å². The molecular weight excluding hydrogens is 449 g/mol. The molecule has 0 aliphatic carbocycles. The molecule has 2 aromatic heterocycles. The van der Waals surface area contributed by atoms with Crippen molar-refractivity contribution in [1.29, 1.82) is 0 Å². The van der Waals surface area contributed by atoms with Gasteiger partial charge in [-0.05, 0) is 67.3 Å². The first-order valence-corrected chi connectivity index (χ1v) is 11.7. The fraction of sp³-hybridized carbons (Fsp3) is 0.269. The standard InChI is InChI=1S/C26H24FN5O3/c27-18-3-4-22-16(12-18)5-11-31(22)25(34)17-13-20(15-21(33)14-17)30-9-6-19(7-10-30)32-23-2-1-8-28-24(23)29-26(32)35/h1-4,8,12-15,19,33H,5-7,9-11H2,(H,28,29,35). The van der Waals surface area contributed by atoms with Gasteiger partial charge in [0.1, 0.15) is 11.6 Å². The first kappa shape index (κ1) is 21.4. The largest absolute Gasteiger partial charge is 0.508 e. The number of halogens is 1. The van der Waals surface area contributed by atoms with Crippen LogP contribution >= 0.6 is 0 Å². The number of phenolic OH excluding ortho intramolecular Hbond substituents is 1. The number of fused-ring (bicyclic) bond motifs is 2. The summed E-state index contributed by atoms with van der Waals surface area (Å²) in [6, 6.07) is 13.1. The molecule has 2 aliphatic rings. The highest BCUT2D eigenvalue weighted by Gasteiger charge is 2.28. The molecule has 178 valence electrons. The van der Waals surface area contributed by atoms with E-state index in [1.54, 1.807) is 33.9 Å². The minimum Gasteiger partial charge on any atom is -0.508 e. The van der Waals surface area contributed by atoms with Crippen molar-refractivity contribution in [3.05, 3.63) is 82.2 Å². The van der Waals surface area contributed by atoms with E-state index in [2.05, 4.69) is 14.9 Å². The molecule has 1 amide bonds. The molecule has 0 radical (unpaired) electrons. The van der Waals surface area contributed by atoms with Crippen LogP contribution in [0, 0.1) is 5.82 Å². The molecule has 2 N–H and O–H groups in total. The van der Waals surface area contributed by atoms with E-state index in [0.29, 0.717) is 43.0 Å². The third-order valence-corrected chi connectivity index (χ3v) is 7.02. The third kappa shape index (κ3) is 3.73. The molecular formula is C26H24FN5O3. The molecule has 1 fully saturated rings. The Morgan fingerprint density at radius 2 is 1.91 bits per heavy atom. The normalized spacial score (nSPS) is 16.1. The number of benzene rings is 2. The minimum absolute atomic E-state index is 0.0189. The van der Waals surface area contributed by atoms with Crippen LogP contribution in [0.2, 0.25) is 0 Å². The predicted octanol–water partition coefficient (Wildman–Crippen LogP) is 3.61. The second-order valence-electron chi connectivity index (χ2n) is 9.11. The molecule has 1 saturated heterocycles. The Hall–Kier alpha value is -4.14. The Bertz CT molecular complexity index is 1500. The van der Waals surface area contributed by atoms with Gasteiger partial charge in [0.05, 0.1) is 5.52 Å². The lowest BCUT2D eigenvalue weighted by atomic mass is 10.0. The van der Waals surface area contributed by atoms with Gasteiger partial charge in [0.2, 0.25) is 0 Å². The molecule has 9 heteroatoms. The minimum atomic E-state index is -0.313. The summed E-state index contributed by atoms with van der Waals surface area (Å²) in [4.78, 5) is 36.7. The van der Waals surface area contributed by atoms with Crippen LogP contribution in [-0.4, -0.2) is 45.2 Å². The highest BCUT2D eigenvalue weighted by Crippen LogP contribution is 2.33. The summed E-state index contributed by atoms with van der Waals surface area (Å²) < 4.78 is 15.4. The van der Waals surface area contributed by atoms with E-state index in [4.69, 9.17) is 0 Å². The highest BCUT2D eigenvalue weighted by atomic mass is 19.1. The Kier molecular flexibility index (Phi) is 5.05. The molecule has 0 bridgehead atoms. The summed E-state index contributed by atoms with van der Waals surface area (Å²) in [5.74, 6) is -0.516. The number of H-pyrrole nitrogens is 1. The van der Waals surface area contributed by atoms with Crippen molar-refractivity contribution in [2.75, 3.05) is 29.4 Å². The predicted molar refractivity (Wildman–Crippen MR) is 131 cm³/mol. The first-order valence-electron chi connectivity index (χ1n) is 11.7. The second-order valence-corrected chi connectivity index (χ2v) is 9.11. The van der Waals surface area contributed by atoms with Gasteiger partial charge in [0.15, 0.2) is 5.65 Å². The van der Waals surface area contributed by atoms with Gasteiger partial charge < -0.3 is 14.9 Å². The lowest BCUT2D eigenvalue weighted by Gasteiger charge is -2.34. The van der Waals surface area contributed by atoms with Crippen LogP contribution in [0.15, 0.2) is 59.5 Å². The van der Waals surface area contributed by atoms with Gasteiger partial charge in [-0.2, -0.15) is 0 Å². The number of phenols is 1. The van der Waals surface area contributed by atoms with Crippen molar-refractivity contribution >= 4 is 28.4 Å². The summed E-state index contributed by atoms with van der Waals surface area (Å²) >= 11 is 0. The number of rotatable bonds is 3. The number of aromatic amines is 1. The lowest BCUT2D eigenvalue weighted by molar-refractivity contribution is 0.0989. The molecule has 2 aliphatic heterocycles. The number of amides is 1. The average molecular weight is 474 g/mol. The first-order chi connectivity index (χ1) is 17.0. The Morgan fingerprint density at radius 1 is 1.09 bits per heavy atom. The van der Waals surface area contributed by atoms with E-state index in [-0.39, 0.29) is 29.2 Å². The van der Waals surface area contributed by atoms with Crippen molar-refractivity contribution in [2.24, 2.45) is 0 Å². The topological polar surface area (TPSA) is 94.5 Å². The maximum Gasteiger partial charge on any atom is 0.327 e. The van der Waals surface area contributed by atoms with Crippen molar-refractivity contribution in [3.8, 4) is 5.75 Å². The van der Waals surface area contributed by atoms with E-state index in [0.717, 1.165) is 29.6 Å². The number of carbonyl (C=O) groups is 1. The van der Waals surface area contributed by atoms with Crippen LogP contribution in [0.4, 0.5) is 15.8 Å². The number of hydrogen-bond donors (Lipinski definition) is 2. The number of nitrogens with one attached hydrogen (secondary N) is 1. The van der Waals surface area contributed by atoms with Crippen LogP contribution in [0.3, 0.4) is 0 Å². The van der Waals surface area contributed by atoms with E-state index in [9.17, 15) is 19.1 Å². The molecule has 35 heavy (non-hydrogen) atoms. The van der Waals surface area contributed by atoms with E-state index >= 15 is 0 Å². The zero-order valence-corrected chi connectivity index (χ0v) is 18.9. The SMILES string of the molecule is O=C(c1cc(O)cc(N2CCC(n3c(=O)[nH]c4ncccc43)CC2)c1)N1CCc2cc(F)ccc21. The van der Waals surface area contributed by atoms with Crippen molar-refractivity contribution in [1.82, 2.24) is 14.5 Å². The fourth-order valence-corrected chi connectivity index (χ4v) is 5.34. The highest BCUT2D eigenvalue weighted by molar-refractivity contribution is 6.08. The average Bonchev–Trinajstić information content (AvgIpc) is 3.43. The maximum absolute atomic E-state index is 13.6. The monoisotopic (exact) mass is 473 g/mol. The maximum atomic E-state index is 13.6. The number of nitrogens with zero attached hydrogens (tertiary/aromatic N) is 4. The fourth-order valence-electron chi connectivity index (χ4n) is 5.34. The van der Waals surface area contributed by atoms with Gasteiger partial charge in [0.25, 0.3) is 5.91 Å². The van der Waals surface area contributed by atoms with Gasteiger partial charge in [0, 0.05) is 54.9 Å². The summed E-state index contributed by atoms with van der Waals surface area (Å²) in [6.45, 7) is 1.82. The van der Waals surface area contributed by atoms with Crippen molar-refractivity contribution in [2.45, 2.75) is 25.3 Å². The van der Waals surface area contributed by atoms with E-state index in [1.165, 1.54) is 18.2 Å². The Labute approximate surface area is 200 Å². The number of anilines is 2. The number of piperidine rings is 1. The van der Waals surface area contributed by atoms with Gasteiger partial charge in [-0.25, -0.2) is 14.2 Å². The molecule has 2 aromatic carbocycles.